The number of hydrogen-bond acceptors (Lipinski definition) is 4. The monoisotopic (exact) mass is 360 g/mol. The van der Waals surface area contributed by atoms with Gasteiger partial charge in [0.05, 0.1) is 12.5 Å². The minimum atomic E-state index is -1.11. The van der Waals surface area contributed by atoms with Crippen LogP contribution in [0.2, 0.25) is 0 Å². The molecular formula is C20H33NaO4. The minimum Gasteiger partial charge on any atom is -0.550 e. The first-order valence-electron chi connectivity index (χ1n) is 9.69. The summed E-state index contributed by atoms with van der Waals surface area (Å²) in [5.41, 5.74) is 0. The molecule has 0 aliphatic heterocycles. The second kappa shape index (κ2) is 15.9. The van der Waals surface area contributed by atoms with Gasteiger partial charge in [0.2, 0.25) is 0 Å². The summed E-state index contributed by atoms with van der Waals surface area (Å²) in [7, 11) is 0. The number of allylic oxidation sites excluding steroid dienone is 2. The zero-order valence-corrected chi connectivity index (χ0v) is 18.1. The maximum Gasteiger partial charge on any atom is 1.00 e. The summed E-state index contributed by atoms with van der Waals surface area (Å²) in [5, 5.41) is 11.1. The number of aliphatic carboxylic acids is 1. The van der Waals surface area contributed by atoms with E-state index in [2.05, 4.69) is 19.1 Å². The van der Waals surface area contributed by atoms with E-state index in [-0.39, 0.29) is 35.5 Å². The molecule has 0 aromatic rings. The molecule has 5 heteroatoms. The third-order valence-electron chi connectivity index (χ3n) is 4.77. The van der Waals surface area contributed by atoms with E-state index in [1.807, 2.05) is 0 Å². The van der Waals surface area contributed by atoms with Crippen LogP contribution in [0.5, 0.6) is 0 Å². The molecule has 0 saturated heterocycles. The van der Waals surface area contributed by atoms with E-state index in [1.165, 1.54) is 32.1 Å². The van der Waals surface area contributed by atoms with E-state index in [4.69, 9.17) is 4.74 Å². The molecule has 1 aliphatic rings. The van der Waals surface area contributed by atoms with Crippen LogP contribution in [0.15, 0.2) is 12.2 Å². The zero-order chi connectivity index (χ0) is 17.6. The number of carboxylic acid groups (broad SMARTS) is 1. The van der Waals surface area contributed by atoms with Crippen LogP contribution < -0.4 is 34.7 Å². The third kappa shape index (κ3) is 11.1. The summed E-state index contributed by atoms with van der Waals surface area (Å²) in [4.78, 5) is 23.1. The fourth-order valence-corrected chi connectivity index (χ4v) is 3.28. The number of carboxylic acids is 1. The van der Waals surface area contributed by atoms with Crippen LogP contribution in [0.1, 0.15) is 84.0 Å². The van der Waals surface area contributed by atoms with Gasteiger partial charge in [-0.15, -0.1) is 0 Å². The smallest absolute Gasteiger partial charge is 0.550 e. The Labute approximate surface area is 175 Å². The van der Waals surface area contributed by atoms with Crippen molar-refractivity contribution >= 4 is 11.9 Å². The number of unbranched alkanes of at least 4 members (excludes halogenated alkanes) is 6. The van der Waals surface area contributed by atoms with Crippen molar-refractivity contribution in [1.29, 1.82) is 0 Å². The fourth-order valence-electron chi connectivity index (χ4n) is 3.28. The van der Waals surface area contributed by atoms with Gasteiger partial charge in [-0.3, -0.25) is 4.79 Å². The number of carbonyl (C=O) groups is 2. The standard InChI is InChI=1S/C20H34O4.Na/c1-2-3-4-5-6-7-8-9-10-13-16-24-20(23)18-15-12-11-14-17(18)19(21)22;/h8-9,17-18H,2-7,10-16H2,1H3,(H,21,22);/q;+1/p-1/b9-8+;. The molecule has 0 bridgehead atoms. The molecule has 1 fully saturated rings. The summed E-state index contributed by atoms with van der Waals surface area (Å²) in [6.07, 6.45) is 16.5. The fraction of sp³-hybridized carbons (Fsp3) is 0.800. The molecule has 0 radical (unpaired) electrons. The maximum absolute atomic E-state index is 12.0. The number of ether oxygens (including phenoxy) is 1. The molecule has 4 nitrogen and oxygen atoms in total. The van der Waals surface area contributed by atoms with Crippen molar-refractivity contribution in [2.24, 2.45) is 11.8 Å². The van der Waals surface area contributed by atoms with Gasteiger partial charge in [-0.2, -0.15) is 0 Å². The Morgan fingerprint density at radius 1 is 0.960 bits per heavy atom. The van der Waals surface area contributed by atoms with E-state index in [1.54, 1.807) is 0 Å². The molecular weight excluding hydrogens is 327 g/mol. The van der Waals surface area contributed by atoms with E-state index in [0.29, 0.717) is 19.4 Å². The Bertz CT molecular complexity index is 395. The van der Waals surface area contributed by atoms with Gasteiger partial charge in [0.15, 0.2) is 0 Å². The second-order valence-corrected chi connectivity index (χ2v) is 6.80. The topological polar surface area (TPSA) is 66.4 Å². The largest absolute Gasteiger partial charge is 1.00 e. The zero-order valence-electron chi connectivity index (χ0n) is 16.1. The van der Waals surface area contributed by atoms with E-state index in [0.717, 1.165) is 32.1 Å². The van der Waals surface area contributed by atoms with Gasteiger partial charge in [-0.05, 0) is 38.5 Å². The Morgan fingerprint density at radius 3 is 2.20 bits per heavy atom. The third-order valence-corrected chi connectivity index (χ3v) is 4.77. The van der Waals surface area contributed by atoms with E-state index < -0.39 is 17.8 Å². The van der Waals surface area contributed by atoms with Crippen LogP contribution in [-0.4, -0.2) is 18.5 Å². The molecule has 0 N–H and O–H groups in total. The van der Waals surface area contributed by atoms with Crippen molar-refractivity contribution in [1.82, 2.24) is 0 Å². The van der Waals surface area contributed by atoms with Crippen LogP contribution >= 0.6 is 0 Å². The Kier molecular flexibility index (Phi) is 15.7. The van der Waals surface area contributed by atoms with Crippen molar-refractivity contribution < 1.29 is 49.0 Å². The van der Waals surface area contributed by atoms with Crippen LogP contribution in [0.25, 0.3) is 0 Å². The normalized spacial score (nSPS) is 20.2. The molecule has 0 aromatic carbocycles. The predicted molar refractivity (Wildman–Crippen MR) is 93.2 cm³/mol. The van der Waals surface area contributed by atoms with Crippen molar-refractivity contribution in [3.63, 3.8) is 0 Å². The van der Waals surface area contributed by atoms with Crippen LogP contribution in [-0.2, 0) is 14.3 Å². The molecule has 1 saturated carbocycles. The number of esters is 1. The summed E-state index contributed by atoms with van der Waals surface area (Å²) in [5.74, 6) is -2.65. The molecule has 2 atom stereocenters. The van der Waals surface area contributed by atoms with Crippen LogP contribution in [0, 0.1) is 11.8 Å². The molecule has 0 heterocycles. The van der Waals surface area contributed by atoms with Crippen molar-refractivity contribution in [3.8, 4) is 0 Å². The number of hydrogen-bond donors (Lipinski definition) is 0. The van der Waals surface area contributed by atoms with Crippen molar-refractivity contribution in [2.75, 3.05) is 6.61 Å². The Morgan fingerprint density at radius 2 is 1.56 bits per heavy atom. The average molecular weight is 360 g/mol. The molecule has 1 rings (SSSR count). The molecule has 0 spiro atoms. The molecule has 0 amide bonds. The number of rotatable bonds is 12. The van der Waals surface area contributed by atoms with Gasteiger partial charge >= 0.3 is 35.5 Å². The Balaban J connectivity index is 0.00000576. The van der Waals surface area contributed by atoms with Gasteiger partial charge in [-0.25, -0.2) is 0 Å². The van der Waals surface area contributed by atoms with E-state index >= 15 is 0 Å². The molecule has 138 valence electrons. The first kappa shape index (κ1) is 24.7. The van der Waals surface area contributed by atoms with Gasteiger partial charge < -0.3 is 14.6 Å². The van der Waals surface area contributed by atoms with Crippen molar-refractivity contribution in [2.45, 2.75) is 84.0 Å². The molecule has 0 aromatic heterocycles. The minimum absolute atomic E-state index is 0. The Hall–Kier alpha value is -0.320. The summed E-state index contributed by atoms with van der Waals surface area (Å²) >= 11 is 0. The average Bonchev–Trinajstić information content (AvgIpc) is 2.59. The van der Waals surface area contributed by atoms with Gasteiger partial charge in [-0.1, -0.05) is 57.6 Å². The summed E-state index contributed by atoms with van der Waals surface area (Å²) < 4.78 is 5.27. The molecule has 1 aliphatic carbocycles. The van der Waals surface area contributed by atoms with Gasteiger partial charge in [0, 0.05) is 11.9 Å². The molecule has 2 unspecified atom stereocenters. The van der Waals surface area contributed by atoms with Crippen molar-refractivity contribution in [3.05, 3.63) is 12.2 Å². The second-order valence-electron chi connectivity index (χ2n) is 6.80. The maximum atomic E-state index is 12.0. The van der Waals surface area contributed by atoms with Gasteiger partial charge in [0.25, 0.3) is 0 Å². The number of carbonyl (C=O) groups excluding carboxylic acids is 2. The summed E-state index contributed by atoms with van der Waals surface area (Å²) in [6, 6.07) is 0. The summed E-state index contributed by atoms with van der Waals surface area (Å²) in [6.45, 7) is 2.59. The SMILES string of the molecule is CCCCCCC/C=C/CCCOC(=O)C1CCCCC1C(=O)[O-].[Na+]. The quantitative estimate of drug-likeness (QED) is 0.223. The predicted octanol–water partition coefficient (Wildman–Crippen LogP) is 0.787. The van der Waals surface area contributed by atoms with Gasteiger partial charge in [0.1, 0.15) is 0 Å². The van der Waals surface area contributed by atoms with E-state index in [9.17, 15) is 14.7 Å². The van der Waals surface area contributed by atoms with Crippen LogP contribution in [0.3, 0.4) is 0 Å². The van der Waals surface area contributed by atoms with Crippen LogP contribution in [0.4, 0.5) is 0 Å². The first-order chi connectivity index (χ1) is 11.7. The molecule has 25 heavy (non-hydrogen) atoms. The first-order valence-corrected chi connectivity index (χ1v) is 9.69.